The molecule has 0 saturated heterocycles. The van der Waals surface area contributed by atoms with Gasteiger partial charge >= 0.3 is 0 Å². The molecule has 1 aromatic heterocycles. The number of methoxy groups -OCH3 is 1. The minimum absolute atomic E-state index is 0.199. The molecule has 0 radical (unpaired) electrons. The largest absolute Gasteiger partial charge is 0.494 e. The molecule has 0 saturated carbocycles. The van der Waals surface area contributed by atoms with Crippen molar-refractivity contribution in [3.8, 4) is 28.6 Å². The van der Waals surface area contributed by atoms with Gasteiger partial charge in [-0.05, 0) is 97.0 Å². The predicted molar refractivity (Wildman–Crippen MR) is 190 cm³/mol. The van der Waals surface area contributed by atoms with Crippen molar-refractivity contribution in [1.29, 1.82) is 0 Å². The highest BCUT2D eigenvalue weighted by Gasteiger charge is 2.19. The van der Waals surface area contributed by atoms with Gasteiger partial charge in [0.1, 0.15) is 12.4 Å². The number of nitrogens with zero attached hydrogens (tertiary/aromatic N) is 3. The third-order valence-electron chi connectivity index (χ3n) is 7.63. The summed E-state index contributed by atoms with van der Waals surface area (Å²) in [4.78, 5) is 18.9. The van der Waals surface area contributed by atoms with Gasteiger partial charge in [0.25, 0.3) is 5.56 Å². The van der Waals surface area contributed by atoms with E-state index >= 15 is 0 Å². The maximum atomic E-state index is 14.0. The van der Waals surface area contributed by atoms with Crippen molar-refractivity contribution < 1.29 is 14.2 Å². The van der Waals surface area contributed by atoms with E-state index in [1.54, 1.807) is 19.4 Å². The number of fused-ring (bicyclic) bond motifs is 1. The van der Waals surface area contributed by atoms with Gasteiger partial charge in [0.05, 0.1) is 30.8 Å². The van der Waals surface area contributed by atoms with Crippen LogP contribution in [-0.4, -0.2) is 29.6 Å². The van der Waals surface area contributed by atoms with Gasteiger partial charge in [0, 0.05) is 15.6 Å². The van der Waals surface area contributed by atoms with Crippen LogP contribution in [0.1, 0.15) is 54.5 Å². The minimum atomic E-state index is -0.260. The second kappa shape index (κ2) is 14.6. The zero-order chi connectivity index (χ0) is 32.8. The lowest BCUT2D eigenvalue weighted by Gasteiger charge is -2.18. The Morgan fingerprint density at radius 2 is 1.78 bits per heavy atom. The molecular weight excluding hydrogens is 642 g/mol. The van der Waals surface area contributed by atoms with Crippen LogP contribution in [0.5, 0.6) is 17.2 Å². The van der Waals surface area contributed by atoms with E-state index in [9.17, 15) is 4.79 Å². The molecular formula is C38H38BrN3O4. The van der Waals surface area contributed by atoms with Crippen LogP contribution in [0.4, 0.5) is 0 Å². The van der Waals surface area contributed by atoms with E-state index in [0.29, 0.717) is 47.9 Å². The molecule has 1 heterocycles. The zero-order valence-corrected chi connectivity index (χ0v) is 28.4. The number of ether oxygens (including phenoxy) is 3. The van der Waals surface area contributed by atoms with Crippen LogP contribution in [0, 0.1) is 6.92 Å². The van der Waals surface area contributed by atoms with Crippen LogP contribution in [0.15, 0.2) is 99.8 Å². The topological polar surface area (TPSA) is 74.9 Å². The molecule has 5 aromatic rings. The first-order valence-corrected chi connectivity index (χ1v) is 16.1. The van der Waals surface area contributed by atoms with Gasteiger partial charge < -0.3 is 14.2 Å². The first kappa shape index (κ1) is 32.7. The van der Waals surface area contributed by atoms with Crippen LogP contribution in [0.25, 0.3) is 22.3 Å². The van der Waals surface area contributed by atoms with E-state index in [4.69, 9.17) is 24.3 Å². The molecule has 0 N–H and O–H groups in total. The summed E-state index contributed by atoms with van der Waals surface area (Å²) in [6.07, 6.45) is 4.03. The molecule has 0 aliphatic carbocycles. The van der Waals surface area contributed by atoms with E-state index in [1.165, 1.54) is 4.68 Å². The van der Waals surface area contributed by atoms with E-state index in [0.717, 1.165) is 43.6 Å². The highest BCUT2D eigenvalue weighted by molar-refractivity contribution is 9.10. The maximum Gasteiger partial charge on any atom is 0.282 e. The lowest BCUT2D eigenvalue weighted by Crippen LogP contribution is -2.21. The number of aromatic nitrogens is 2. The summed E-state index contributed by atoms with van der Waals surface area (Å²) in [5, 5.41) is 5.23. The van der Waals surface area contributed by atoms with Gasteiger partial charge in [-0.3, -0.25) is 4.79 Å². The monoisotopic (exact) mass is 679 g/mol. The molecule has 236 valence electrons. The van der Waals surface area contributed by atoms with Gasteiger partial charge in [-0.2, -0.15) is 9.78 Å². The molecule has 8 heteroatoms. The van der Waals surface area contributed by atoms with Crippen LogP contribution in [0.3, 0.4) is 0 Å². The number of hydrogen-bond donors (Lipinski definition) is 0. The van der Waals surface area contributed by atoms with Crippen molar-refractivity contribution in [2.24, 2.45) is 5.10 Å². The fourth-order valence-electron chi connectivity index (χ4n) is 5.32. The molecule has 0 amide bonds. The molecule has 4 aromatic carbocycles. The van der Waals surface area contributed by atoms with E-state index in [-0.39, 0.29) is 11.5 Å². The highest BCUT2D eigenvalue weighted by atomic mass is 79.9. The Labute approximate surface area is 278 Å². The Morgan fingerprint density at radius 1 is 1.02 bits per heavy atom. The van der Waals surface area contributed by atoms with Crippen molar-refractivity contribution >= 4 is 33.0 Å². The van der Waals surface area contributed by atoms with Gasteiger partial charge in [0.2, 0.25) is 0 Å². The van der Waals surface area contributed by atoms with E-state index in [1.807, 2.05) is 80.6 Å². The van der Waals surface area contributed by atoms with E-state index in [2.05, 4.69) is 42.4 Å². The average Bonchev–Trinajstić information content (AvgIpc) is 3.04. The number of hydrogen-bond acceptors (Lipinski definition) is 6. The van der Waals surface area contributed by atoms with Crippen molar-refractivity contribution in [3.63, 3.8) is 0 Å². The Kier molecular flexibility index (Phi) is 10.4. The standard InChI is InChI=1S/C38H38BrN3O4/c1-7-11-28-19-27(20-35(44-6)36(28)46-23-26-14-16-29(39)17-15-26)22-40-42-37(41-33-13-10-9-12-30(33)38(42)43)32-21-31(24(3)4)34(45-8-2)18-25(32)5/h7,9-10,12-22,24H,1,8,11,23H2,2-6H3. The van der Waals surface area contributed by atoms with Gasteiger partial charge in [-0.25, -0.2) is 4.98 Å². The second-order valence-electron chi connectivity index (χ2n) is 11.2. The van der Waals surface area contributed by atoms with Crippen molar-refractivity contribution in [3.05, 3.63) is 128 Å². The predicted octanol–water partition coefficient (Wildman–Crippen LogP) is 8.85. The lowest BCUT2D eigenvalue weighted by molar-refractivity contribution is 0.282. The Bertz CT molecular complexity index is 1960. The molecule has 5 rings (SSSR count). The van der Waals surface area contributed by atoms with Crippen molar-refractivity contribution in [2.45, 2.75) is 46.6 Å². The van der Waals surface area contributed by atoms with Gasteiger partial charge in [-0.1, -0.05) is 60.1 Å². The summed E-state index contributed by atoms with van der Waals surface area (Å²) < 4.78 is 20.4. The summed E-state index contributed by atoms with van der Waals surface area (Å²) in [7, 11) is 1.61. The number of para-hydroxylation sites is 1. The Hall–Kier alpha value is -4.69. The van der Waals surface area contributed by atoms with Crippen molar-refractivity contribution in [2.75, 3.05) is 13.7 Å². The minimum Gasteiger partial charge on any atom is -0.494 e. The molecule has 0 spiro atoms. The Morgan fingerprint density at radius 3 is 2.48 bits per heavy atom. The normalized spacial score (nSPS) is 11.4. The molecule has 0 aliphatic heterocycles. The number of allylic oxidation sites excluding steroid dienone is 1. The van der Waals surface area contributed by atoms with Crippen molar-refractivity contribution in [1.82, 2.24) is 9.66 Å². The SMILES string of the molecule is C=CCc1cc(C=Nn2c(-c3cc(C(C)C)c(OCC)cc3C)nc3ccccc3c2=O)cc(OC)c1OCc1ccc(Br)cc1. The third kappa shape index (κ3) is 7.07. The molecule has 46 heavy (non-hydrogen) atoms. The molecule has 0 aliphatic rings. The molecule has 7 nitrogen and oxygen atoms in total. The molecule has 0 bridgehead atoms. The van der Waals surface area contributed by atoms with E-state index < -0.39 is 0 Å². The molecule has 0 unspecified atom stereocenters. The summed E-state index contributed by atoms with van der Waals surface area (Å²) in [6, 6.07) is 23.2. The number of aryl methyl sites for hydroxylation is 1. The number of halogens is 1. The first-order chi connectivity index (χ1) is 22.2. The molecule has 0 fully saturated rings. The second-order valence-corrected chi connectivity index (χ2v) is 12.1. The summed E-state index contributed by atoms with van der Waals surface area (Å²) in [5.74, 6) is 2.69. The van der Waals surface area contributed by atoms with Crippen LogP contribution < -0.4 is 19.8 Å². The number of benzene rings is 4. The third-order valence-corrected chi connectivity index (χ3v) is 8.16. The summed E-state index contributed by atoms with van der Waals surface area (Å²) >= 11 is 3.48. The van der Waals surface area contributed by atoms with Gasteiger partial charge in [0.15, 0.2) is 17.3 Å². The summed E-state index contributed by atoms with van der Waals surface area (Å²) in [6.45, 7) is 13.1. The summed E-state index contributed by atoms with van der Waals surface area (Å²) in [5.41, 5.74) is 5.79. The average molecular weight is 681 g/mol. The Balaban J connectivity index is 1.62. The fourth-order valence-corrected chi connectivity index (χ4v) is 5.58. The number of rotatable bonds is 12. The molecule has 0 atom stereocenters. The zero-order valence-electron chi connectivity index (χ0n) is 26.8. The quantitative estimate of drug-likeness (QED) is 0.0973. The highest BCUT2D eigenvalue weighted by Crippen LogP contribution is 2.36. The van der Waals surface area contributed by atoms with Crippen LogP contribution in [0.2, 0.25) is 0 Å². The fraction of sp³-hybridized carbons (Fsp3) is 0.237. The lowest BCUT2D eigenvalue weighted by atomic mass is 9.96. The maximum absolute atomic E-state index is 14.0. The van der Waals surface area contributed by atoms with Crippen LogP contribution >= 0.6 is 15.9 Å². The van der Waals surface area contributed by atoms with Gasteiger partial charge in [-0.15, -0.1) is 6.58 Å². The smallest absolute Gasteiger partial charge is 0.282 e. The van der Waals surface area contributed by atoms with Crippen LogP contribution in [-0.2, 0) is 13.0 Å². The first-order valence-electron chi connectivity index (χ1n) is 15.3.